The van der Waals surface area contributed by atoms with Crippen molar-refractivity contribution in [1.82, 2.24) is 0 Å². The van der Waals surface area contributed by atoms with Crippen LogP contribution in [0.25, 0.3) is 0 Å². The summed E-state index contributed by atoms with van der Waals surface area (Å²) in [6, 6.07) is 0. The number of methoxy groups -OCH3 is 1. The van der Waals surface area contributed by atoms with E-state index in [1.807, 2.05) is 0 Å². The average molecular weight is 340 g/mol. The van der Waals surface area contributed by atoms with Crippen molar-refractivity contribution in [2.75, 3.05) is 13.7 Å². The fourth-order valence-corrected chi connectivity index (χ4v) is 2.70. The Kier molecular flexibility index (Phi) is 6.30. The molecule has 0 unspecified atom stereocenters. The van der Waals surface area contributed by atoms with Crippen LogP contribution in [0.1, 0.15) is 6.92 Å². The van der Waals surface area contributed by atoms with Gasteiger partial charge in [-0.15, -0.1) is 0 Å². The monoisotopic (exact) mass is 340 g/mol. The molecular weight excluding hydrogens is 316 g/mol. The van der Waals surface area contributed by atoms with Gasteiger partial charge in [0.1, 0.15) is 42.7 Å². The van der Waals surface area contributed by atoms with Crippen LogP contribution in [0.3, 0.4) is 0 Å². The largest absolute Gasteiger partial charge is 0.394 e. The van der Waals surface area contributed by atoms with Crippen LogP contribution in [-0.4, -0.2) is 106 Å². The van der Waals surface area contributed by atoms with Crippen molar-refractivity contribution in [3.63, 3.8) is 0 Å². The van der Waals surface area contributed by atoms with Crippen molar-refractivity contribution >= 4 is 0 Å². The predicted octanol–water partition coefficient (Wildman–Crippen LogP) is -3.72. The van der Waals surface area contributed by atoms with Crippen molar-refractivity contribution in [3.05, 3.63) is 0 Å². The summed E-state index contributed by atoms with van der Waals surface area (Å²) in [5, 5.41) is 58.8. The first-order valence-corrected chi connectivity index (χ1v) is 7.32. The first-order valence-electron chi connectivity index (χ1n) is 7.32. The number of hydrogen-bond acceptors (Lipinski definition) is 10. The summed E-state index contributed by atoms with van der Waals surface area (Å²) in [7, 11) is 1.27. The molecule has 0 aromatic carbocycles. The highest BCUT2D eigenvalue weighted by Crippen LogP contribution is 2.29. The summed E-state index contributed by atoms with van der Waals surface area (Å²) in [5.41, 5.74) is 0. The van der Waals surface area contributed by atoms with Crippen LogP contribution >= 0.6 is 0 Å². The lowest BCUT2D eigenvalue weighted by molar-refractivity contribution is -0.354. The molecule has 2 rings (SSSR count). The standard InChI is InChI=1S/C13H24O10/c1-4-6(15)7(16)9(18)13(21-4)23-11-5(3-14)22-12(20-2)10(19)8(11)17/h4-19H,3H2,1-2H3/t4-,5+,6+,7+,8+,9-,10+,11-,12-,13-/m0/s1. The van der Waals surface area contributed by atoms with E-state index < -0.39 is 68.0 Å². The summed E-state index contributed by atoms with van der Waals surface area (Å²) in [6.45, 7) is 0.932. The number of hydrogen-bond donors (Lipinski definition) is 6. The minimum Gasteiger partial charge on any atom is -0.394 e. The molecule has 0 saturated carbocycles. The van der Waals surface area contributed by atoms with Crippen LogP contribution < -0.4 is 0 Å². The number of ether oxygens (including phenoxy) is 4. The number of rotatable bonds is 4. The molecule has 2 saturated heterocycles. The first-order chi connectivity index (χ1) is 10.8. The predicted molar refractivity (Wildman–Crippen MR) is 72.0 cm³/mol. The zero-order chi connectivity index (χ0) is 17.3. The van der Waals surface area contributed by atoms with Gasteiger partial charge in [0.15, 0.2) is 12.6 Å². The molecule has 2 fully saturated rings. The van der Waals surface area contributed by atoms with E-state index in [2.05, 4.69) is 0 Å². The van der Waals surface area contributed by atoms with E-state index in [1.54, 1.807) is 0 Å². The van der Waals surface area contributed by atoms with Crippen LogP contribution in [0, 0.1) is 0 Å². The van der Waals surface area contributed by atoms with Gasteiger partial charge < -0.3 is 49.6 Å². The van der Waals surface area contributed by atoms with E-state index >= 15 is 0 Å². The Morgan fingerprint density at radius 3 is 2.00 bits per heavy atom. The van der Waals surface area contributed by atoms with Crippen LogP contribution in [0.5, 0.6) is 0 Å². The fourth-order valence-electron chi connectivity index (χ4n) is 2.70. The molecule has 0 aromatic rings. The molecule has 23 heavy (non-hydrogen) atoms. The van der Waals surface area contributed by atoms with Crippen molar-refractivity contribution in [3.8, 4) is 0 Å². The van der Waals surface area contributed by atoms with Crippen molar-refractivity contribution < 1.29 is 49.6 Å². The van der Waals surface area contributed by atoms with Gasteiger partial charge in [0.25, 0.3) is 0 Å². The van der Waals surface area contributed by atoms with Crippen LogP contribution in [-0.2, 0) is 18.9 Å². The highest BCUT2D eigenvalue weighted by atomic mass is 16.7. The Balaban J connectivity index is 2.10. The van der Waals surface area contributed by atoms with E-state index in [0.717, 1.165) is 0 Å². The normalized spacial score (nSPS) is 51.7. The van der Waals surface area contributed by atoms with E-state index in [0.29, 0.717) is 0 Å². The summed E-state index contributed by atoms with van der Waals surface area (Å²) in [5.74, 6) is 0. The van der Waals surface area contributed by atoms with Gasteiger partial charge in [-0.3, -0.25) is 0 Å². The molecule has 136 valence electrons. The molecule has 2 aliphatic rings. The van der Waals surface area contributed by atoms with E-state index in [1.165, 1.54) is 14.0 Å². The van der Waals surface area contributed by atoms with Gasteiger partial charge in [0.2, 0.25) is 0 Å². The number of aliphatic hydroxyl groups is 6. The van der Waals surface area contributed by atoms with Crippen molar-refractivity contribution in [2.45, 2.75) is 68.3 Å². The van der Waals surface area contributed by atoms with Gasteiger partial charge in [-0.2, -0.15) is 0 Å². The van der Waals surface area contributed by atoms with Crippen LogP contribution in [0.2, 0.25) is 0 Å². The molecule has 10 nitrogen and oxygen atoms in total. The average Bonchev–Trinajstić information content (AvgIpc) is 2.54. The molecule has 0 aliphatic carbocycles. The molecule has 2 aliphatic heterocycles. The summed E-state index contributed by atoms with van der Waals surface area (Å²) in [6.07, 6.45) is -13.0. The zero-order valence-corrected chi connectivity index (χ0v) is 12.8. The Morgan fingerprint density at radius 2 is 1.43 bits per heavy atom. The maximum absolute atomic E-state index is 10.1. The lowest BCUT2D eigenvalue weighted by Crippen LogP contribution is -2.64. The van der Waals surface area contributed by atoms with E-state index in [4.69, 9.17) is 18.9 Å². The van der Waals surface area contributed by atoms with Gasteiger partial charge in [0, 0.05) is 7.11 Å². The van der Waals surface area contributed by atoms with Gasteiger partial charge in [-0.05, 0) is 6.92 Å². The van der Waals surface area contributed by atoms with Gasteiger partial charge >= 0.3 is 0 Å². The van der Waals surface area contributed by atoms with Gasteiger partial charge in [-0.1, -0.05) is 0 Å². The lowest BCUT2D eigenvalue weighted by atomic mass is 9.97. The maximum atomic E-state index is 10.1. The minimum atomic E-state index is -1.58. The van der Waals surface area contributed by atoms with E-state index in [9.17, 15) is 30.6 Å². The lowest BCUT2D eigenvalue weighted by Gasteiger charge is -2.45. The second kappa shape index (κ2) is 7.66. The second-order valence-corrected chi connectivity index (χ2v) is 5.72. The van der Waals surface area contributed by atoms with Gasteiger partial charge in [-0.25, -0.2) is 0 Å². The molecule has 0 spiro atoms. The van der Waals surface area contributed by atoms with Crippen LogP contribution in [0.4, 0.5) is 0 Å². The van der Waals surface area contributed by atoms with E-state index in [-0.39, 0.29) is 0 Å². The quantitative estimate of drug-likeness (QED) is 0.300. The van der Waals surface area contributed by atoms with Gasteiger partial charge in [0.05, 0.1) is 12.7 Å². The summed E-state index contributed by atoms with van der Waals surface area (Å²) < 4.78 is 20.8. The highest BCUT2D eigenvalue weighted by molar-refractivity contribution is 4.93. The zero-order valence-electron chi connectivity index (χ0n) is 12.8. The molecule has 2 heterocycles. The SMILES string of the molecule is CO[C@H]1O[C@H](CO)[C@H](O[C@@H]2O[C@@H](C)[C@@H](O)[C@@H](O)[C@@H]2O)[C@H](O)[C@H]1O. The third-order valence-electron chi connectivity index (χ3n) is 4.15. The van der Waals surface area contributed by atoms with Crippen LogP contribution in [0.15, 0.2) is 0 Å². The first kappa shape index (κ1) is 18.9. The van der Waals surface area contributed by atoms with Crippen molar-refractivity contribution in [2.24, 2.45) is 0 Å². The summed E-state index contributed by atoms with van der Waals surface area (Å²) >= 11 is 0. The second-order valence-electron chi connectivity index (χ2n) is 5.72. The molecular formula is C13H24O10. The third-order valence-corrected chi connectivity index (χ3v) is 4.15. The minimum absolute atomic E-state index is 0.544. The molecule has 0 aromatic heterocycles. The highest BCUT2D eigenvalue weighted by Gasteiger charge is 2.49. The smallest absolute Gasteiger partial charge is 0.187 e. The molecule has 10 heteroatoms. The maximum Gasteiger partial charge on any atom is 0.187 e. The Morgan fingerprint density at radius 1 is 0.826 bits per heavy atom. The number of aliphatic hydroxyl groups excluding tert-OH is 6. The molecule has 10 atom stereocenters. The Labute approximate surface area is 132 Å². The Hall–Kier alpha value is -0.400. The Bertz CT molecular complexity index is 380. The molecule has 0 bridgehead atoms. The molecule has 6 N–H and O–H groups in total. The topological polar surface area (TPSA) is 158 Å². The molecule has 0 amide bonds. The molecule has 0 radical (unpaired) electrons. The third kappa shape index (κ3) is 3.66. The van der Waals surface area contributed by atoms with Crippen molar-refractivity contribution in [1.29, 1.82) is 0 Å². The fraction of sp³-hybridized carbons (Fsp3) is 1.00. The summed E-state index contributed by atoms with van der Waals surface area (Å²) in [4.78, 5) is 0.